The van der Waals surface area contributed by atoms with Crippen LogP contribution in [0.15, 0.2) is 84.9 Å². The summed E-state index contributed by atoms with van der Waals surface area (Å²) in [7, 11) is 0. The molecule has 144 valence electrons. The normalized spacial score (nSPS) is 9.79. The molecule has 4 aromatic rings. The van der Waals surface area contributed by atoms with Gasteiger partial charge in [-0.25, -0.2) is 4.79 Å². The average molecular weight is 378 g/mol. The van der Waals surface area contributed by atoms with Crippen LogP contribution in [-0.4, -0.2) is 26.6 Å². The molecule has 5 heteroatoms. The highest BCUT2D eigenvalue weighted by Crippen LogP contribution is 2.18. The van der Waals surface area contributed by atoms with Crippen molar-refractivity contribution in [3.05, 3.63) is 96.1 Å². The van der Waals surface area contributed by atoms with Gasteiger partial charge in [0.1, 0.15) is 0 Å². The Morgan fingerprint density at radius 1 is 0.571 bits per heavy atom. The molecule has 0 amide bonds. The second kappa shape index (κ2) is 10.7. The van der Waals surface area contributed by atoms with E-state index in [0.717, 1.165) is 21.9 Å². The van der Waals surface area contributed by atoms with Crippen LogP contribution in [0.4, 0.5) is 4.79 Å². The Labute approximate surface area is 162 Å². The molecule has 0 saturated heterocycles. The summed E-state index contributed by atoms with van der Waals surface area (Å²) >= 11 is 0. The van der Waals surface area contributed by atoms with Crippen LogP contribution < -0.4 is 0 Å². The van der Waals surface area contributed by atoms with Crippen LogP contribution in [0.1, 0.15) is 11.1 Å². The molecule has 0 saturated carbocycles. The molecule has 0 fully saturated rings. The van der Waals surface area contributed by atoms with Crippen LogP contribution in [0.2, 0.25) is 0 Å². The minimum absolute atomic E-state index is 0.112. The highest BCUT2D eigenvalue weighted by atomic mass is 16.6. The largest absolute Gasteiger partial charge is 0.503 e. The molecular formula is C23H22O5. The first-order valence-electron chi connectivity index (χ1n) is 8.63. The summed E-state index contributed by atoms with van der Waals surface area (Å²) in [6.07, 6.45) is -1.83. The van der Waals surface area contributed by atoms with E-state index in [9.17, 15) is 0 Å². The molecule has 0 bridgehead atoms. The van der Waals surface area contributed by atoms with Crippen molar-refractivity contribution < 1.29 is 25.2 Å². The van der Waals surface area contributed by atoms with Crippen LogP contribution in [0.3, 0.4) is 0 Å². The summed E-state index contributed by atoms with van der Waals surface area (Å²) in [6, 6.07) is 28.1. The van der Waals surface area contributed by atoms with Crippen LogP contribution in [0, 0.1) is 0 Å². The summed E-state index contributed by atoms with van der Waals surface area (Å²) < 4.78 is 0. The number of carbonyl (C=O) groups is 1. The van der Waals surface area contributed by atoms with E-state index < -0.39 is 6.16 Å². The molecule has 0 radical (unpaired) electrons. The van der Waals surface area contributed by atoms with Crippen molar-refractivity contribution in [1.29, 1.82) is 0 Å². The first kappa shape index (κ1) is 20.9. The number of aliphatic hydroxyl groups excluding tert-OH is 2. The number of hydrogen-bond acceptors (Lipinski definition) is 3. The zero-order chi connectivity index (χ0) is 20.4. The predicted molar refractivity (Wildman–Crippen MR) is 110 cm³/mol. The van der Waals surface area contributed by atoms with E-state index in [2.05, 4.69) is 24.3 Å². The molecule has 0 aliphatic heterocycles. The van der Waals surface area contributed by atoms with Gasteiger partial charge in [-0.2, -0.15) is 0 Å². The summed E-state index contributed by atoms with van der Waals surface area (Å²) in [5.41, 5.74) is 1.99. The van der Waals surface area contributed by atoms with Crippen molar-refractivity contribution in [1.82, 2.24) is 0 Å². The van der Waals surface area contributed by atoms with Crippen LogP contribution >= 0.6 is 0 Å². The number of hydrogen-bond donors (Lipinski definition) is 4. The van der Waals surface area contributed by atoms with Gasteiger partial charge in [0.05, 0.1) is 13.2 Å². The van der Waals surface area contributed by atoms with Crippen LogP contribution in [0.5, 0.6) is 0 Å². The minimum Gasteiger partial charge on any atom is -0.450 e. The molecule has 0 aliphatic carbocycles. The van der Waals surface area contributed by atoms with Gasteiger partial charge in [-0.05, 0) is 32.7 Å². The van der Waals surface area contributed by atoms with E-state index in [4.69, 9.17) is 25.2 Å². The molecule has 0 aliphatic rings. The number of rotatable bonds is 2. The Bertz CT molecular complexity index is 949. The topological polar surface area (TPSA) is 98.0 Å². The first-order chi connectivity index (χ1) is 13.6. The number of carboxylic acid groups (broad SMARTS) is 2. The molecule has 0 unspecified atom stereocenters. The molecule has 4 N–H and O–H groups in total. The molecule has 0 spiro atoms. The van der Waals surface area contributed by atoms with Crippen LogP contribution in [0.25, 0.3) is 21.5 Å². The maximum absolute atomic E-state index is 9.04. The van der Waals surface area contributed by atoms with Crippen molar-refractivity contribution >= 4 is 27.7 Å². The zero-order valence-electron chi connectivity index (χ0n) is 15.2. The van der Waals surface area contributed by atoms with Gasteiger partial charge in [-0.3, -0.25) is 0 Å². The third kappa shape index (κ3) is 5.81. The van der Waals surface area contributed by atoms with E-state index in [0.29, 0.717) is 0 Å². The molecule has 4 rings (SSSR count). The fourth-order valence-corrected chi connectivity index (χ4v) is 2.86. The molecule has 0 atom stereocenters. The van der Waals surface area contributed by atoms with Gasteiger partial charge in [0.15, 0.2) is 0 Å². The SMILES string of the molecule is O=C(O)O.OCc1cccc2ccccc12.OCc1cccc2ccccc12. The Balaban J connectivity index is 0.000000169. The molecule has 4 aromatic carbocycles. The van der Waals surface area contributed by atoms with E-state index in [1.54, 1.807) is 0 Å². The van der Waals surface area contributed by atoms with Gasteiger partial charge < -0.3 is 20.4 Å². The van der Waals surface area contributed by atoms with E-state index in [1.807, 2.05) is 60.7 Å². The Hall–Kier alpha value is -3.41. The third-order valence-corrected chi connectivity index (χ3v) is 4.10. The van der Waals surface area contributed by atoms with Gasteiger partial charge in [-0.1, -0.05) is 84.9 Å². The lowest BCUT2D eigenvalue weighted by molar-refractivity contribution is 0.137. The number of benzene rings is 4. The van der Waals surface area contributed by atoms with Gasteiger partial charge in [-0.15, -0.1) is 0 Å². The quantitative estimate of drug-likeness (QED) is 0.398. The second-order valence-corrected chi connectivity index (χ2v) is 5.88. The first-order valence-corrected chi connectivity index (χ1v) is 8.63. The van der Waals surface area contributed by atoms with Gasteiger partial charge in [0.25, 0.3) is 0 Å². The maximum atomic E-state index is 9.04. The Morgan fingerprint density at radius 3 is 1.25 bits per heavy atom. The van der Waals surface area contributed by atoms with E-state index >= 15 is 0 Å². The summed E-state index contributed by atoms with van der Waals surface area (Å²) in [6.45, 7) is 0.225. The smallest absolute Gasteiger partial charge is 0.450 e. The maximum Gasteiger partial charge on any atom is 0.503 e. The average Bonchev–Trinajstić information content (AvgIpc) is 2.73. The molecule has 0 aromatic heterocycles. The van der Waals surface area contributed by atoms with Crippen molar-refractivity contribution in [3.8, 4) is 0 Å². The lowest BCUT2D eigenvalue weighted by atomic mass is 10.1. The molecular weight excluding hydrogens is 356 g/mol. The summed E-state index contributed by atoms with van der Waals surface area (Å²) in [5.74, 6) is 0. The molecule has 5 nitrogen and oxygen atoms in total. The lowest BCUT2D eigenvalue weighted by Gasteiger charge is -2.01. The van der Waals surface area contributed by atoms with Gasteiger partial charge >= 0.3 is 6.16 Å². The summed E-state index contributed by atoms with van der Waals surface area (Å²) in [5, 5.41) is 36.7. The predicted octanol–water partition coefficient (Wildman–Crippen LogP) is 4.89. The highest BCUT2D eigenvalue weighted by molar-refractivity contribution is 5.86. The lowest BCUT2D eigenvalue weighted by Crippen LogP contribution is -1.84. The molecule has 0 heterocycles. The summed E-state index contributed by atoms with van der Waals surface area (Å²) in [4.78, 5) is 8.56. The fourth-order valence-electron chi connectivity index (χ4n) is 2.86. The fraction of sp³-hybridized carbons (Fsp3) is 0.0870. The minimum atomic E-state index is -1.83. The zero-order valence-corrected chi connectivity index (χ0v) is 15.2. The van der Waals surface area contributed by atoms with Crippen molar-refractivity contribution in [2.75, 3.05) is 0 Å². The number of aliphatic hydroxyl groups is 2. The van der Waals surface area contributed by atoms with Crippen molar-refractivity contribution in [3.63, 3.8) is 0 Å². The van der Waals surface area contributed by atoms with E-state index in [-0.39, 0.29) is 13.2 Å². The van der Waals surface area contributed by atoms with Gasteiger partial charge in [0.2, 0.25) is 0 Å². The molecule has 28 heavy (non-hydrogen) atoms. The van der Waals surface area contributed by atoms with E-state index in [1.165, 1.54) is 10.8 Å². The van der Waals surface area contributed by atoms with Crippen LogP contribution in [-0.2, 0) is 13.2 Å². The van der Waals surface area contributed by atoms with Crippen molar-refractivity contribution in [2.45, 2.75) is 13.2 Å². The Kier molecular flexibility index (Phi) is 7.96. The number of fused-ring (bicyclic) bond motifs is 2. The third-order valence-electron chi connectivity index (χ3n) is 4.10. The van der Waals surface area contributed by atoms with Crippen molar-refractivity contribution in [2.24, 2.45) is 0 Å². The second-order valence-electron chi connectivity index (χ2n) is 5.88. The Morgan fingerprint density at radius 2 is 0.893 bits per heavy atom. The van der Waals surface area contributed by atoms with Gasteiger partial charge in [0, 0.05) is 0 Å². The monoisotopic (exact) mass is 378 g/mol. The standard InChI is InChI=1S/2C11H10O.CH2O3/c2*12-8-10-6-3-5-9-4-1-2-7-11(9)10;2-1(3)4/h2*1-7,12H,8H2;(H2,2,3,4). The highest BCUT2D eigenvalue weighted by Gasteiger charge is 1.97.